The van der Waals surface area contributed by atoms with Gasteiger partial charge in [-0.05, 0) is 58.3 Å². The lowest BCUT2D eigenvalue weighted by molar-refractivity contribution is 0.194. The maximum Gasteiger partial charge on any atom is 0.160 e. The Morgan fingerprint density at radius 2 is 2.19 bits per heavy atom. The second-order valence-corrected chi connectivity index (χ2v) is 6.92. The van der Waals surface area contributed by atoms with Gasteiger partial charge in [0.05, 0.1) is 5.38 Å². The molecule has 0 aromatic carbocycles. The molecule has 2 aromatic heterocycles. The molecule has 1 saturated heterocycles. The molecule has 1 aliphatic heterocycles. The molecular weight excluding hydrogens is 284 g/mol. The number of aromatic nitrogens is 3. The number of hydrogen-bond acceptors (Lipinski definition) is 3. The zero-order valence-electron chi connectivity index (χ0n) is 13.0. The summed E-state index contributed by atoms with van der Waals surface area (Å²) in [5.41, 5.74) is 2.95. The molecule has 0 bridgehead atoms. The maximum absolute atomic E-state index is 6.34. The summed E-state index contributed by atoms with van der Waals surface area (Å²) < 4.78 is 2.24. The molecule has 114 valence electrons. The van der Waals surface area contributed by atoms with Crippen molar-refractivity contribution in [3.05, 3.63) is 23.7 Å². The molecule has 0 amide bonds. The van der Waals surface area contributed by atoms with Crippen LogP contribution in [0.2, 0.25) is 0 Å². The van der Waals surface area contributed by atoms with Gasteiger partial charge in [-0.25, -0.2) is 9.97 Å². The molecule has 5 heteroatoms. The first-order valence-corrected chi connectivity index (χ1v) is 8.14. The van der Waals surface area contributed by atoms with Gasteiger partial charge in [0.25, 0.3) is 0 Å². The largest absolute Gasteiger partial charge is 0.311 e. The standard InChI is InChI=1S/C16H23ClN4/c1-11-6-7-14-16(18-11)21(15(19-14)12(2)17)10-13-5-4-8-20(3)9-13/h6-7,12-13H,4-5,8-10H2,1-3H3. The SMILES string of the molecule is Cc1ccc2nc(C(C)Cl)n(CC3CCCN(C)C3)c2n1. The van der Waals surface area contributed by atoms with Crippen molar-refractivity contribution >= 4 is 22.8 Å². The van der Waals surface area contributed by atoms with Crippen LogP contribution in [0.3, 0.4) is 0 Å². The highest BCUT2D eigenvalue weighted by Crippen LogP contribution is 2.26. The number of fused-ring (bicyclic) bond motifs is 1. The first-order valence-electron chi connectivity index (χ1n) is 7.71. The normalized spacial score (nSPS) is 21.8. The average molecular weight is 307 g/mol. The number of likely N-dealkylation sites (tertiary alicyclic amines) is 1. The van der Waals surface area contributed by atoms with E-state index in [1.807, 2.05) is 26.0 Å². The van der Waals surface area contributed by atoms with E-state index in [9.17, 15) is 0 Å². The molecule has 3 rings (SSSR count). The summed E-state index contributed by atoms with van der Waals surface area (Å²) in [5.74, 6) is 1.59. The van der Waals surface area contributed by atoms with E-state index in [1.54, 1.807) is 0 Å². The van der Waals surface area contributed by atoms with Crippen molar-refractivity contribution in [2.24, 2.45) is 5.92 Å². The lowest BCUT2D eigenvalue weighted by Crippen LogP contribution is -2.34. The summed E-state index contributed by atoms with van der Waals surface area (Å²) >= 11 is 6.34. The Kier molecular flexibility index (Phi) is 4.18. The summed E-state index contributed by atoms with van der Waals surface area (Å²) in [4.78, 5) is 11.8. The molecule has 21 heavy (non-hydrogen) atoms. The van der Waals surface area contributed by atoms with E-state index in [0.717, 1.165) is 35.8 Å². The van der Waals surface area contributed by atoms with Crippen LogP contribution in [0.5, 0.6) is 0 Å². The third-order valence-electron chi connectivity index (χ3n) is 4.28. The quantitative estimate of drug-likeness (QED) is 0.815. The van der Waals surface area contributed by atoms with Gasteiger partial charge in [0.15, 0.2) is 5.65 Å². The number of imidazole rings is 1. The van der Waals surface area contributed by atoms with Crippen LogP contribution in [-0.2, 0) is 6.54 Å². The molecule has 1 aliphatic rings. The predicted molar refractivity (Wildman–Crippen MR) is 86.8 cm³/mol. The van der Waals surface area contributed by atoms with Crippen molar-refractivity contribution in [3.8, 4) is 0 Å². The summed E-state index contributed by atoms with van der Waals surface area (Å²) in [6, 6.07) is 4.06. The monoisotopic (exact) mass is 306 g/mol. The van der Waals surface area contributed by atoms with Crippen LogP contribution in [0, 0.1) is 12.8 Å². The zero-order valence-corrected chi connectivity index (χ0v) is 13.8. The van der Waals surface area contributed by atoms with Crippen molar-refractivity contribution in [2.45, 2.75) is 38.6 Å². The van der Waals surface area contributed by atoms with E-state index in [0.29, 0.717) is 5.92 Å². The molecule has 3 heterocycles. The van der Waals surface area contributed by atoms with Crippen molar-refractivity contribution in [1.82, 2.24) is 19.4 Å². The highest BCUT2D eigenvalue weighted by atomic mass is 35.5. The Hall–Kier alpha value is -1.13. The molecule has 2 unspecified atom stereocenters. The Morgan fingerprint density at radius 3 is 2.90 bits per heavy atom. The highest BCUT2D eigenvalue weighted by molar-refractivity contribution is 6.20. The van der Waals surface area contributed by atoms with Crippen LogP contribution in [0.25, 0.3) is 11.2 Å². The Labute approximate surface area is 131 Å². The number of rotatable bonds is 3. The fourth-order valence-corrected chi connectivity index (χ4v) is 3.44. The van der Waals surface area contributed by atoms with Crippen molar-refractivity contribution in [1.29, 1.82) is 0 Å². The number of hydrogen-bond donors (Lipinski definition) is 0. The minimum absolute atomic E-state index is 0.0965. The van der Waals surface area contributed by atoms with Crippen LogP contribution in [0.4, 0.5) is 0 Å². The molecule has 2 aromatic rings. The minimum Gasteiger partial charge on any atom is -0.311 e. The van der Waals surface area contributed by atoms with Gasteiger partial charge < -0.3 is 9.47 Å². The van der Waals surface area contributed by atoms with Gasteiger partial charge in [0, 0.05) is 18.8 Å². The van der Waals surface area contributed by atoms with Crippen LogP contribution >= 0.6 is 11.6 Å². The van der Waals surface area contributed by atoms with Crippen molar-refractivity contribution in [2.75, 3.05) is 20.1 Å². The Bertz CT molecular complexity index is 634. The van der Waals surface area contributed by atoms with Gasteiger partial charge in [0.2, 0.25) is 0 Å². The number of alkyl halides is 1. The summed E-state index contributed by atoms with van der Waals surface area (Å²) in [5, 5.41) is -0.0965. The van der Waals surface area contributed by atoms with E-state index in [2.05, 4.69) is 16.5 Å². The number of aryl methyl sites for hydroxylation is 1. The van der Waals surface area contributed by atoms with Gasteiger partial charge in [-0.1, -0.05) is 0 Å². The van der Waals surface area contributed by atoms with Crippen LogP contribution in [-0.4, -0.2) is 39.6 Å². The Morgan fingerprint density at radius 1 is 1.38 bits per heavy atom. The number of piperidine rings is 1. The lowest BCUT2D eigenvalue weighted by Gasteiger charge is -2.30. The fourth-order valence-electron chi connectivity index (χ4n) is 3.28. The van der Waals surface area contributed by atoms with Crippen LogP contribution in [0.1, 0.15) is 36.7 Å². The van der Waals surface area contributed by atoms with Gasteiger partial charge in [0.1, 0.15) is 11.3 Å². The first-order chi connectivity index (χ1) is 10.0. The van der Waals surface area contributed by atoms with Crippen molar-refractivity contribution in [3.63, 3.8) is 0 Å². The second kappa shape index (κ2) is 5.93. The summed E-state index contributed by atoms with van der Waals surface area (Å²) in [7, 11) is 2.20. The molecule has 2 atom stereocenters. The molecule has 4 nitrogen and oxygen atoms in total. The minimum atomic E-state index is -0.0965. The summed E-state index contributed by atoms with van der Waals surface area (Å²) in [6.45, 7) is 7.32. The summed E-state index contributed by atoms with van der Waals surface area (Å²) in [6.07, 6.45) is 2.54. The van der Waals surface area contributed by atoms with E-state index < -0.39 is 0 Å². The predicted octanol–water partition coefficient (Wildman–Crippen LogP) is 3.38. The fraction of sp³-hybridized carbons (Fsp3) is 0.625. The van der Waals surface area contributed by atoms with Gasteiger partial charge in [-0.15, -0.1) is 11.6 Å². The molecular formula is C16H23ClN4. The smallest absolute Gasteiger partial charge is 0.160 e. The van der Waals surface area contributed by atoms with Crippen LogP contribution < -0.4 is 0 Å². The number of nitrogens with zero attached hydrogens (tertiary/aromatic N) is 4. The first kappa shape index (κ1) is 14.8. The zero-order chi connectivity index (χ0) is 15.0. The topological polar surface area (TPSA) is 34.0 Å². The molecule has 1 fully saturated rings. The van der Waals surface area contributed by atoms with E-state index in [1.165, 1.54) is 19.4 Å². The van der Waals surface area contributed by atoms with E-state index in [4.69, 9.17) is 21.6 Å². The molecule has 0 N–H and O–H groups in total. The Balaban J connectivity index is 1.98. The number of pyridine rings is 1. The highest BCUT2D eigenvalue weighted by Gasteiger charge is 2.22. The van der Waals surface area contributed by atoms with Crippen LogP contribution in [0.15, 0.2) is 12.1 Å². The van der Waals surface area contributed by atoms with Gasteiger partial charge in [-0.2, -0.15) is 0 Å². The average Bonchev–Trinajstić information content (AvgIpc) is 2.77. The third kappa shape index (κ3) is 3.06. The maximum atomic E-state index is 6.34. The number of halogens is 1. The van der Waals surface area contributed by atoms with E-state index >= 15 is 0 Å². The second-order valence-electron chi connectivity index (χ2n) is 6.26. The van der Waals surface area contributed by atoms with Gasteiger partial charge >= 0.3 is 0 Å². The van der Waals surface area contributed by atoms with E-state index in [-0.39, 0.29) is 5.38 Å². The molecule has 0 spiro atoms. The molecule has 0 aliphatic carbocycles. The molecule has 0 radical (unpaired) electrons. The lowest BCUT2D eigenvalue weighted by atomic mass is 9.98. The van der Waals surface area contributed by atoms with Gasteiger partial charge in [-0.3, -0.25) is 0 Å². The third-order valence-corrected chi connectivity index (χ3v) is 4.47. The molecule has 0 saturated carbocycles. The van der Waals surface area contributed by atoms with Crippen molar-refractivity contribution < 1.29 is 0 Å².